The third-order valence-corrected chi connectivity index (χ3v) is 6.97. The molecule has 2 aromatic rings. The second-order valence-corrected chi connectivity index (χ2v) is 8.89. The average Bonchev–Trinajstić information content (AvgIpc) is 2.74. The van der Waals surface area contributed by atoms with Crippen LogP contribution in [0.15, 0.2) is 47.4 Å². The number of benzene rings is 2. The van der Waals surface area contributed by atoms with Crippen LogP contribution in [-0.4, -0.2) is 28.2 Å². The monoisotopic (exact) mass is 398 g/mol. The predicted octanol–water partition coefficient (Wildman–Crippen LogP) is 2.87. The zero-order valence-corrected chi connectivity index (χ0v) is 16.3. The Morgan fingerprint density at radius 2 is 1.79 bits per heavy atom. The first-order chi connectivity index (χ1) is 13.5. The Morgan fingerprint density at radius 3 is 2.50 bits per heavy atom. The SMILES string of the molecule is N#Cc1ccc(C2(NS(=O)(=O)c3ccc4c(c3)CCCO4)CCOCC2)cc1. The van der Waals surface area contributed by atoms with E-state index in [0.29, 0.717) is 38.2 Å². The van der Waals surface area contributed by atoms with Crippen LogP contribution in [0.4, 0.5) is 0 Å². The number of ether oxygens (including phenoxy) is 2. The van der Waals surface area contributed by atoms with Crippen molar-refractivity contribution in [3.8, 4) is 11.8 Å². The molecule has 2 aliphatic rings. The second kappa shape index (κ2) is 7.55. The Labute approximate surface area is 165 Å². The van der Waals surface area contributed by atoms with E-state index in [4.69, 9.17) is 14.7 Å². The molecule has 2 aliphatic heterocycles. The number of hydrogen-bond acceptors (Lipinski definition) is 5. The molecule has 0 unspecified atom stereocenters. The number of rotatable bonds is 4. The largest absolute Gasteiger partial charge is 0.493 e. The van der Waals surface area contributed by atoms with E-state index in [1.54, 1.807) is 30.3 Å². The van der Waals surface area contributed by atoms with Crippen molar-refractivity contribution in [1.82, 2.24) is 4.72 Å². The molecule has 1 saturated heterocycles. The van der Waals surface area contributed by atoms with Crippen LogP contribution < -0.4 is 9.46 Å². The molecule has 0 spiro atoms. The standard InChI is InChI=1S/C21H22N2O4S/c22-15-16-3-5-18(6-4-16)21(9-12-26-13-10-21)23-28(24,25)19-7-8-20-17(14-19)2-1-11-27-20/h3-8,14,23H,1-2,9-13H2. The number of sulfonamides is 1. The topological polar surface area (TPSA) is 88.4 Å². The molecule has 0 radical (unpaired) electrons. The zero-order valence-electron chi connectivity index (χ0n) is 15.5. The van der Waals surface area contributed by atoms with Crippen LogP contribution in [0.2, 0.25) is 0 Å². The number of nitrogens with zero attached hydrogens (tertiary/aromatic N) is 1. The first-order valence-electron chi connectivity index (χ1n) is 9.41. The minimum Gasteiger partial charge on any atom is -0.493 e. The van der Waals surface area contributed by atoms with E-state index in [9.17, 15) is 8.42 Å². The van der Waals surface area contributed by atoms with Crippen molar-refractivity contribution in [2.45, 2.75) is 36.1 Å². The van der Waals surface area contributed by atoms with Crippen molar-refractivity contribution >= 4 is 10.0 Å². The molecule has 0 amide bonds. The van der Waals surface area contributed by atoms with Crippen LogP contribution in [0.25, 0.3) is 0 Å². The fourth-order valence-corrected chi connectivity index (χ4v) is 5.35. The molecule has 6 nitrogen and oxygen atoms in total. The fourth-order valence-electron chi connectivity index (χ4n) is 3.85. The van der Waals surface area contributed by atoms with Gasteiger partial charge in [0.15, 0.2) is 0 Å². The Morgan fingerprint density at radius 1 is 1.04 bits per heavy atom. The lowest BCUT2D eigenvalue weighted by Gasteiger charge is -2.38. The van der Waals surface area contributed by atoms with Gasteiger partial charge in [-0.05, 0) is 67.1 Å². The van der Waals surface area contributed by atoms with E-state index in [1.807, 2.05) is 12.1 Å². The molecule has 0 atom stereocenters. The Bertz CT molecular complexity index is 1000. The van der Waals surface area contributed by atoms with Gasteiger partial charge in [-0.25, -0.2) is 13.1 Å². The van der Waals surface area contributed by atoms with Gasteiger partial charge in [0.05, 0.1) is 28.7 Å². The normalized spacial score (nSPS) is 18.5. The summed E-state index contributed by atoms with van der Waals surface area (Å²) in [4.78, 5) is 0.247. The maximum atomic E-state index is 13.2. The van der Waals surface area contributed by atoms with Gasteiger partial charge in [0.25, 0.3) is 0 Å². The molecular formula is C21H22N2O4S. The summed E-state index contributed by atoms with van der Waals surface area (Å²) in [5, 5.41) is 9.04. The van der Waals surface area contributed by atoms with Gasteiger partial charge in [0, 0.05) is 13.2 Å². The number of nitrogens with one attached hydrogen (secondary N) is 1. The van der Waals surface area contributed by atoms with E-state index < -0.39 is 15.6 Å². The van der Waals surface area contributed by atoms with E-state index in [2.05, 4.69) is 10.8 Å². The van der Waals surface area contributed by atoms with Crippen LogP contribution in [0, 0.1) is 11.3 Å². The van der Waals surface area contributed by atoms with Crippen molar-refractivity contribution in [3.05, 3.63) is 59.2 Å². The summed E-state index contributed by atoms with van der Waals surface area (Å²) < 4.78 is 40.5. The molecule has 1 fully saturated rings. The molecule has 2 heterocycles. The van der Waals surface area contributed by atoms with Crippen LogP contribution in [-0.2, 0) is 26.7 Å². The van der Waals surface area contributed by atoms with Gasteiger partial charge in [-0.15, -0.1) is 0 Å². The Balaban J connectivity index is 1.68. The molecule has 146 valence electrons. The Kier molecular flexibility index (Phi) is 5.11. The van der Waals surface area contributed by atoms with Gasteiger partial charge in [0.2, 0.25) is 10.0 Å². The van der Waals surface area contributed by atoms with Crippen LogP contribution in [0.1, 0.15) is 36.0 Å². The second-order valence-electron chi connectivity index (χ2n) is 7.21. The lowest BCUT2D eigenvalue weighted by molar-refractivity contribution is 0.0459. The molecule has 4 rings (SSSR count). The van der Waals surface area contributed by atoms with Gasteiger partial charge in [0.1, 0.15) is 5.75 Å². The fraction of sp³-hybridized carbons (Fsp3) is 0.381. The number of aryl methyl sites for hydroxylation is 1. The summed E-state index contributed by atoms with van der Waals surface area (Å²) in [6.07, 6.45) is 2.77. The summed E-state index contributed by atoms with van der Waals surface area (Å²) in [6.45, 7) is 1.61. The lowest BCUT2D eigenvalue weighted by Crippen LogP contribution is -2.49. The third kappa shape index (κ3) is 3.63. The zero-order chi connectivity index (χ0) is 19.6. The van der Waals surface area contributed by atoms with Gasteiger partial charge in [-0.3, -0.25) is 0 Å². The van der Waals surface area contributed by atoms with Crippen LogP contribution in [0.5, 0.6) is 5.75 Å². The molecule has 2 aromatic carbocycles. The highest BCUT2D eigenvalue weighted by Gasteiger charge is 2.38. The number of fused-ring (bicyclic) bond motifs is 1. The summed E-state index contributed by atoms with van der Waals surface area (Å²) >= 11 is 0. The average molecular weight is 398 g/mol. The molecular weight excluding hydrogens is 376 g/mol. The van der Waals surface area contributed by atoms with Crippen LogP contribution in [0.3, 0.4) is 0 Å². The van der Waals surface area contributed by atoms with Gasteiger partial charge in [-0.1, -0.05) is 12.1 Å². The third-order valence-electron chi connectivity index (χ3n) is 5.43. The van der Waals surface area contributed by atoms with Crippen molar-refractivity contribution in [2.24, 2.45) is 0 Å². The predicted molar refractivity (Wildman–Crippen MR) is 103 cm³/mol. The van der Waals surface area contributed by atoms with Crippen molar-refractivity contribution < 1.29 is 17.9 Å². The molecule has 1 N–H and O–H groups in total. The van der Waals surface area contributed by atoms with Gasteiger partial charge < -0.3 is 9.47 Å². The van der Waals surface area contributed by atoms with Gasteiger partial charge in [-0.2, -0.15) is 5.26 Å². The van der Waals surface area contributed by atoms with Crippen LogP contribution >= 0.6 is 0 Å². The summed E-state index contributed by atoms with van der Waals surface area (Å²) in [7, 11) is -3.74. The first kappa shape index (κ1) is 18.9. The molecule has 0 aliphatic carbocycles. The maximum Gasteiger partial charge on any atom is 0.241 e. The highest BCUT2D eigenvalue weighted by Crippen LogP contribution is 2.35. The summed E-state index contributed by atoms with van der Waals surface area (Å²) in [5.41, 5.74) is 1.56. The highest BCUT2D eigenvalue weighted by molar-refractivity contribution is 7.89. The maximum absolute atomic E-state index is 13.2. The molecule has 0 aromatic heterocycles. The van der Waals surface area contributed by atoms with Gasteiger partial charge >= 0.3 is 0 Å². The number of hydrogen-bond donors (Lipinski definition) is 1. The van der Waals surface area contributed by atoms with E-state index in [1.165, 1.54) is 0 Å². The quantitative estimate of drug-likeness (QED) is 0.856. The summed E-state index contributed by atoms with van der Waals surface area (Å²) in [6, 6.07) is 14.2. The smallest absolute Gasteiger partial charge is 0.241 e. The van der Waals surface area contributed by atoms with Crippen molar-refractivity contribution in [2.75, 3.05) is 19.8 Å². The Hall–Kier alpha value is -2.40. The molecule has 7 heteroatoms. The minimum atomic E-state index is -3.74. The lowest BCUT2D eigenvalue weighted by atomic mass is 9.83. The summed E-state index contributed by atoms with van der Waals surface area (Å²) in [5.74, 6) is 0.762. The minimum absolute atomic E-state index is 0.247. The van der Waals surface area contributed by atoms with Crippen molar-refractivity contribution in [3.63, 3.8) is 0 Å². The highest BCUT2D eigenvalue weighted by atomic mass is 32.2. The number of nitriles is 1. The first-order valence-corrected chi connectivity index (χ1v) is 10.9. The van der Waals surface area contributed by atoms with E-state index in [0.717, 1.165) is 29.7 Å². The molecule has 28 heavy (non-hydrogen) atoms. The van der Waals surface area contributed by atoms with Crippen molar-refractivity contribution in [1.29, 1.82) is 5.26 Å². The molecule has 0 saturated carbocycles. The van der Waals surface area contributed by atoms with E-state index >= 15 is 0 Å². The molecule has 0 bridgehead atoms. The van der Waals surface area contributed by atoms with E-state index in [-0.39, 0.29) is 4.90 Å².